The summed E-state index contributed by atoms with van der Waals surface area (Å²) in [7, 11) is 0. The maximum absolute atomic E-state index is 11.8. The average molecular weight is 406 g/mol. The molecule has 1 unspecified atom stereocenters. The van der Waals surface area contributed by atoms with Gasteiger partial charge in [-0.15, -0.1) is 0 Å². The summed E-state index contributed by atoms with van der Waals surface area (Å²) < 4.78 is 0. The van der Waals surface area contributed by atoms with Crippen molar-refractivity contribution in [1.82, 2.24) is 9.88 Å². The molecular weight excluding hydrogens is 370 g/mol. The van der Waals surface area contributed by atoms with Crippen LogP contribution < -0.4 is 4.90 Å². The Balaban J connectivity index is 1.54. The molecule has 28 heavy (non-hydrogen) atoms. The van der Waals surface area contributed by atoms with E-state index in [2.05, 4.69) is 27.8 Å². The summed E-state index contributed by atoms with van der Waals surface area (Å²) in [4.78, 5) is 20.8. The molecule has 5 heteroatoms. The SMILES string of the molecule is CCc1cnc(N2CCCC(CCN(C=O)C3CCCCCCC3)C2)c(Cl)c1. The maximum Gasteiger partial charge on any atom is 0.209 e. The van der Waals surface area contributed by atoms with Gasteiger partial charge in [-0.05, 0) is 56.1 Å². The van der Waals surface area contributed by atoms with Crippen LogP contribution in [-0.2, 0) is 11.2 Å². The third kappa shape index (κ3) is 5.85. The van der Waals surface area contributed by atoms with Gasteiger partial charge in [0.15, 0.2) is 0 Å². The van der Waals surface area contributed by atoms with Crippen LogP contribution in [0.1, 0.15) is 76.7 Å². The largest absolute Gasteiger partial charge is 0.355 e. The van der Waals surface area contributed by atoms with E-state index in [4.69, 9.17) is 11.6 Å². The summed E-state index contributed by atoms with van der Waals surface area (Å²) in [6.45, 7) is 5.03. The summed E-state index contributed by atoms with van der Waals surface area (Å²) in [5.74, 6) is 1.53. The van der Waals surface area contributed by atoms with E-state index in [1.165, 1.54) is 63.4 Å². The lowest BCUT2D eigenvalue weighted by Gasteiger charge is -2.36. The standard InChI is InChI=1S/C23H36ClN3O/c1-2-19-15-22(24)23(25-16-19)26-13-8-9-20(17-26)12-14-27(18-28)21-10-6-4-3-5-7-11-21/h15-16,18,20-21H,2-14,17H2,1H3. The Hall–Kier alpha value is -1.29. The number of aromatic nitrogens is 1. The molecule has 156 valence electrons. The van der Waals surface area contributed by atoms with Gasteiger partial charge in [0.2, 0.25) is 6.41 Å². The minimum Gasteiger partial charge on any atom is -0.355 e. The molecule has 1 aliphatic carbocycles. The van der Waals surface area contributed by atoms with Crippen LogP contribution in [0.3, 0.4) is 0 Å². The minimum absolute atomic E-state index is 0.454. The molecule has 1 aromatic heterocycles. The molecule has 1 atom stereocenters. The predicted molar refractivity (Wildman–Crippen MR) is 117 cm³/mol. The number of amides is 1. The number of anilines is 1. The number of rotatable bonds is 7. The Morgan fingerprint density at radius 1 is 1.18 bits per heavy atom. The molecule has 0 radical (unpaired) electrons. The lowest BCUT2D eigenvalue weighted by molar-refractivity contribution is -0.120. The smallest absolute Gasteiger partial charge is 0.209 e. The van der Waals surface area contributed by atoms with Crippen molar-refractivity contribution in [1.29, 1.82) is 0 Å². The number of pyridine rings is 1. The summed E-state index contributed by atoms with van der Waals surface area (Å²) in [6, 6.07) is 2.51. The van der Waals surface area contributed by atoms with Gasteiger partial charge in [-0.1, -0.05) is 50.6 Å². The fourth-order valence-corrected chi connectivity index (χ4v) is 5.12. The fraction of sp³-hybridized carbons (Fsp3) is 0.739. The van der Waals surface area contributed by atoms with Crippen molar-refractivity contribution in [3.63, 3.8) is 0 Å². The molecule has 4 nitrogen and oxygen atoms in total. The highest BCUT2D eigenvalue weighted by Gasteiger charge is 2.24. The van der Waals surface area contributed by atoms with E-state index >= 15 is 0 Å². The molecule has 3 rings (SSSR count). The summed E-state index contributed by atoms with van der Waals surface area (Å²) >= 11 is 6.51. The second-order valence-electron chi connectivity index (χ2n) is 8.59. The number of hydrogen-bond donors (Lipinski definition) is 0. The number of piperidine rings is 1. The Morgan fingerprint density at radius 2 is 1.93 bits per heavy atom. The van der Waals surface area contributed by atoms with E-state index < -0.39 is 0 Å². The van der Waals surface area contributed by atoms with Crippen LogP contribution in [0.5, 0.6) is 0 Å². The third-order valence-corrected chi connectivity index (χ3v) is 6.86. The van der Waals surface area contributed by atoms with Crippen molar-refractivity contribution >= 4 is 23.8 Å². The number of halogens is 1. The summed E-state index contributed by atoms with van der Waals surface area (Å²) in [5.41, 5.74) is 1.18. The van der Waals surface area contributed by atoms with Gasteiger partial charge in [-0.2, -0.15) is 0 Å². The monoisotopic (exact) mass is 405 g/mol. The Kier molecular flexibility index (Phi) is 8.44. The molecule has 2 heterocycles. The molecule has 1 aromatic rings. The maximum atomic E-state index is 11.8. The highest BCUT2D eigenvalue weighted by atomic mass is 35.5. The van der Waals surface area contributed by atoms with Gasteiger partial charge in [0.1, 0.15) is 5.82 Å². The summed E-state index contributed by atoms with van der Waals surface area (Å²) in [5, 5.41) is 0.768. The van der Waals surface area contributed by atoms with E-state index in [0.29, 0.717) is 12.0 Å². The normalized spacial score (nSPS) is 21.8. The molecule has 2 fully saturated rings. The first-order chi connectivity index (χ1) is 13.7. The van der Waals surface area contributed by atoms with Crippen molar-refractivity contribution in [2.24, 2.45) is 5.92 Å². The lowest BCUT2D eigenvalue weighted by Crippen LogP contribution is -2.40. The third-order valence-electron chi connectivity index (χ3n) is 6.58. The van der Waals surface area contributed by atoms with Crippen LogP contribution in [0.2, 0.25) is 5.02 Å². The number of carbonyl (C=O) groups is 1. The number of aryl methyl sites for hydroxylation is 1. The molecule has 1 saturated heterocycles. The Labute approximate surface area is 175 Å². The van der Waals surface area contributed by atoms with Crippen LogP contribution in [0.25, 0.3) is 0 Å². The predicted octanol–water partition coefficient (Wildman–Crippen LogP) is 5.48. The number of carbonyl (C=O) groups excluding carboxylic acids is 1. The van der Waals surface area contributed by atoms with Crippen LogP contribution in [0.4, 0.5) is 5.82 Å². The van der Waals surface area contributed by atoms with Crippen LogP contribution in [-0.4, -0.2) is 42.0 Å². The fourth-order valence-electron chi connectivity index (χ4n) is 4.81. The minimum atomic E-state index is 0.454. The van der Waals surface area contributed by atoms with E-state index in [1.807, 2.05) is 6.20 Å². The van der Waals surface area contributed by atoms with Crippen LogP contribution in [0, 0.1) is 5.92 Å². The van der Waals surface area contributed by atoms with E-state index in [0.717, 1.165) is 49.7 Å². The van der Waals surface area contributed by atoms with Gasteiger partial charge >= 0.3 is 0 Å². The van der Waals surface area contributed by atoms with Gasteiger partial charge in [-0.25, -0.2) is 4.98 Å². The molecule has 2 aliphatic rings. The van der Waals surface area contributed by atoms with Crippen molar-refractivity contribution in [3.8, 4) is 0 Å². The van der Waals surface area contributed by atoms with Gasteiger partial charge in [0, 0.05) is 31.9 Å². The van der Waals surface area contributed by atoms with E-state index in [-0.39, 0.29) is 0 Å². The van der Waals surface area contributed by atoms with Crippen molar-refractivity contribution in [3.05, 3.63) is 22.8 Å². The zero-order valence-corrected chi connectivity index (χ0v) is 18.2. The van der Waals surface area contributed by atoms with Crippen LogP contribution >= 0.6 is 11.6 Å². The van der Waals surface area contributed by atoms with Crippen molar-refractivity contribution < 1.29 is 4.79 Å². The summed E-state index contributed by atoms with van der Waals surface area (Å²) in [6.07, 6.45) is 16.4. The average Bonchev–Trinajstić information content (AvgIpc) is 2.69. The Morgan fingerprint density at radius 3 is 2.61 bits per heavy atom. The molecule has 1 amide bonds. The first kappa shape index (κ1) is 21.4. The van der Waals surface area contributed by atoms with Crippen molar-refractivity contribution in [2.75, 3.05) is 24.5 Å². The highest BCUT2D eigenvalue weighted by molar-refractivity contribution is 6.33. The first-order valence-electron chi connectivity index (χ1n) is 11.3. The number of hydrogen-bond acceptors (Lipinski definition) is 3. The molecule has 0 bridgehead atoms. The molecule has 0 aromatic carbocycles. The topological polar surface area (TPSA) is 36.4 Å². The second-order valence-corrected chi connectivity index (χ2v) is 8.99. The van der Waals surface area contributed by atoms with Gasteiger partial charge < -0.3 is 9.80 Å². The van der Waals surface area contributed by atoms with Crippen molar-refractivity contribution in [2.45, 2.75) is 83.6 Å². The first-order valence-corrected chi connectivity index (χ1v) is 11.7. The zero-order valence-electron chi connectivity index (χ0n) is 17.4. The number of nitrogens with zero attached hydrogens (tertiary/aromatic N) is 3. The Bertz CT molecular complexity index is 616. The molecule has 0 spiro atoms. The van der Waals surface area contributed by atoms with Gasteiger partial charge in [-0.3, -0.25) is 4.79 Å². The van der Waals surface area contributed by atoms with Gasteiger partial charge in [0.25, 0.3) is 0 Å². The zero-order chi connectivity index (χ0) is 19.8. The van der Waals surface area contributed by atoms with Gasteiger partial charge in [0.05, 0.1) is 5.02 Å². The molecule has 1 saturated carbocycles. The molecular formula is C23H36ClN3O. The molecule has 1 aliphatic heterocycles. The van der Waals surface area contributed by atoms with E-state index in [1.54, 1.807) is 0 Å². The highest BCUT2D eigenvalue weighted by Crippen LogP contribution is 2.30. The second kappa shape index (κ2) is 11.0. The van der Waals surface area contributed by atoms with Crippen LogP contribution in [0.15, 0.2) is 12.3 Å². The quantitative estimate of drug-likeness (QED) is 0.564. The van der Waals surface area contributed by atoms with E-state index in [9.17, 15) is 4.79 Å². The lowest BCUT2D eigenvalue weighted by atomic mass is 9.93. The molecule has 0 N–H and O–H groups in total.